The molecule has 0 spiro atoms. The molecule has 1 fully saturated rings. The van der Waals surface area contributed by atoms with Gasteiger partial charge in [0.25, 0.3) is 11.8 Å². The minimum atomic E-state index is -3.58. The van der Waals surface area contributed by atoms with Gasteiger partial charge in [-0.05, 0) is 81.8 Å². The van der Waals surface area contributed by atoms with Crippen molar-refractivity contribution in [2.75, 3.05) is 34.8 Å². The predicted octanol–water partition coefficient (Wildman–Crippen LogP) is 5.03. The number of amides is 4. The Bertz CT molecular complexity index is 2090. The monoisotopic (exact) mass is 695 g/mol. The Morgan fingerprint density at radius 2 is 1.78 bits per heavy atom. The fourth-order valence-corrected chi connectivity index (χ4v) is 9.50. The van der Waals surface area contributed by atoms with Gasteiger partial charge in [0.05, 0.1) is 11.4 Å². The van der Waals surface area contributed by atoms with Gasteiger partial charge in [0, 0.05) is 64.9 Å². The molecule has 1 saturated heterocycles. The van der Waals surface area contributed by atoms with Gasteiger partial charge in [0.15, 0.2) is 0 Å². The van der Waals surface area contributed by atoms with Gasteiger partial charge < -0.3 is 10.2 Å². The molecule has 260 valence electrons. The minimum absolute atomic E-state index is 0.156. The number of hydrogen-bond donors (Lipinski definition) is 2. The van der Waals surface area contributed by atoms with E-state index in [1.165, 1.54) is 4.90 Å². The van der Waals surface area contributed by atoms with E-state index in [1.807, 2.05) is 56.3 Å². The molecule has 4 heterocycles. The Morgan fingerprint density at radius 3 is 2.58 bits per heavy atom. The highest BCUT2D eigenvalue weighted by molar-refractivity contribution is 7.88. The van der Waals surface area contributed by atoms with E-state index in [0.29, 0.717) is 60.4 Å². The number of carbonyl (C=O) groups is 4. The summed E-state index contributed by atoms with van der Waals surface area (Å²) in [6.07, 6.45) is 8.99. The number of allylic oxidation sites excluding steroid dienone is 1. The Balaban J connectivity index is 1.06. The Morgan fingerprint density at radius 1 is 0.980 bits per heavy atom. The lowest BCUT2D eigenvalue weighted by Crippen LogP contribution is -2.53. The van der Waals surface area contributed by atoms with E-state index in [9.17, 15) is 27.6 Å². The molecule has 4 aliphatic heterocycles. The molecule has 3 aromatic carbocycles. The van der Waals surface area contributed by atoms with Crippen LogP contribution in [0.4, 0.5) is 17.1 Å². The van der Waals surface area contributed by atoms with Crippen LogP contribution in [-0.4, -0.2) is 67.6 Å². The Labute approximate surface area is 292 Å². The lowest BCUT2D eigenvalue weighted by atomic mass is 9.98. The summed E-state index contributed by atoms with van der Waals surface area (Å²) in [6, 6.07) is 15.7. The molecule has 3 aromatic rings. The van der Waals surface area contributed by atoms with Crippen molar-refractivity contribution in [1.29, 1.82) is 0 Å². The SMILES string of the molecule is CC1(C)CC=CCN1S(=O)(=O)Cc1cccc(NC(=O)/C2=C\CCCN(c3ccc4c5c(cccc35)C(=O)N4C3CCC(=O)NC3=O)CC2)c1. The highest BCUT2D eigenvalue weighted by Crippen LogP contribution is 2.43. The van der Waals surface area contributed by atoms with E-state index in [0.717, 1.165) is 29.4 Å². The normalized spacial score (nSPS) is 22.2. The van der Waals surface area contributed by atoms with Crippen LogP contribution in [0.15, 0.2) is 78.4 Å². The first-order valence-corrected chi connectivity index (χ1v) is 18.8. The number of sulfonamides is 1. The molecule has 50 heavy (non-hydrogen) atoms. The van der Waals surface area contributed by atoms with Crippen LogP contribution >= 0.6 is 0 Å². The van der Waals surface area contributed by atoms with Gasteiger partial charge in [-0.25, -0.2) is 8.42 Å². The third-order valence-corrected chi connectivity index (χ3v) is 12.1. The molecule has 0 radical (unpaired) electrons. The zero-order chi connectivity index (χ0) is 35.2. The third-order valence-electron chi connectivity index (χ3n) is 10.1. The summed E-state index contributed by atoms with van der Waals surface area (Å²) in [7, 11) is -3.58. The molecule has 4 aliphatic rings. The number of piperidine rings is 1. The van der Waals surface area contributed by atoms with Crippen molar-refractivity contribution in [3.63, 3.8) is 0 Å². The predicted molar refractivity (Wildman–Crippen MR) is 193 cm³/mol. The van der Waals surface area contributed by atoms with Crippen LogP contribution in [-0.2, 0) is 30.2 Å². The number of hydrogen-bond acceptors (Lipinski definition) is 7. The molecule has 2 N–H and O–H groups in total. The molecule has 4 amide bonds. The summed E-state index contributed by atoms with van der Waals surface area (Å²) < 4.78 is 28.3. The Kier molecular flexibility index (Phi) is 8.85. The zero-order valence-corrected chi connectivity index (χ0v) is 29.1. The van der Waals surface area contributed by atoms with Gasteiger partial charge in [0.2, 0.25) is 21.8 Å². The second kappa shape index (κ2) is 13.1. The van der Waals surface area contributed by atoms with Crippen molar-refractivity contribution >= 4 is 61.5 Å². The summed E-state index contributed by atoms with van der Waals surface area (Å²) in [5, 5.41) is 7.05. The van der Waals surface area contributed by atoms with Crippen LogP contribution in [0.25, 0.3) is 10.8 Å². The molecule has 12 heteroatoms. The second-order valence-corrected chi connectivity index (χ2v) is 15.9. The van der Waals surface area contributed by atoms with Gasteiger partial charge in [-0.15, -0.1) is 0 Å². The van der Waals surface area contributed by atoms with E-state index in [1.54, 1.807) is 34.6 Å². The third kappa shape index (κ3) is 6.33. The fourth-order valence-electron chi connectivity index (χ4n) is 7.60. The number of benzene rings is 3. The van der Waals surface area contributed by atoms with Gasteiger partial charge in [-0.3, -0.25) is 29.4 Å². The van der Waals surface area contributed by atoms with Crippen LogP contribution in [0.2, 0.25) is 0 Å². The van der Waals surface area contributed by atoms with Gasteiger partial charge in [0.1, 0.15) is 6.04 Å². The largest absolute Gasteiger partial charge is 0.371 e. The molecule has 0 aliphatic carbocycles. The lowest BCUT2D eigenvalue weighted by molar-refractivity contribution is -0.134. The molecule has 0 saturated carbocycles. The highest BCUT2D eigenvalue weighted by atomic mass is 32.2. The van der Waals surface area contributed by atoms with E-state index in [-0.39, 0.29) is 36.3 Å². The van der Waals surface area contributed by atoms with Crippen molar-refractivity contribution < 1.29 is 27.6 Å². The lowest BCUT2D eigenvalue weighted by Gasteiger charge is -2.38. The number of imide groups is 1. The smallest absolute Gasteiger partial charge is 0.259 e. The van der Waals surface area contributed by atoms with Gasteiger partial charge in [-0.2, -0.15) is 4.31 Å². The molecule has 1 atom stereocenters. The summed E-state index contributed by atoms with van der Waals surface area (Å²) in [5.74, 6) is -1.42. The maximum atomic E-state index is 13.6. The maximum absolute atomic E-state index is 13.6. The first-order valence-electron chi connectivity index (χ1n) is 17.2. The van der Waals surface area contributed by atoms with E-state index in [2.05, 4.69) is 15.5 Å². The van der Waals surface area contributed by atoms with E-state index >= 15 is 0 Å². The summed E-state index contributed by atoms with van der Waals surface area (Å²) in [6.45, 7) is 5.53. The number of nitrogens with zero attached hydrogens (tertiary/aromatic N) is 3. The quantitative estimate of drug-likeness (QED) is 0.262. The number of carbonyl (C=O) groups excluding carboxylic acids is 4. The minimum Gasteiger partial charge on any atom is -0.371 e. The van der Waals surface area contributed by atoms with Crippen LogP contribution in [0.3, 0.4) is 0 Å². The first kappa shape index (κ1) is 33.7. The number of anilines is 3. The fraction of sp³-hybridized carbons (Fsp3) is 0.368. The first-order chi connectivity index (χ1) is 23.9. The zero-order valence-electron chi connectivity index (χ0n) is 28.3. The standard InChI is InChI=1S/C38H41N5O6S/c1-38(2)19-4-6-21-42(38)50(48,49)24-25-9-7-11-27(23-25)39-35(45)26-10-3-5-20-41(22-18-26)30-14-15-31-34-28(30)12-8-13-29(34)37(47)43(31)32-16-17-33(44)40-36(32)46/h4,6-15,23,32H,3,5,16-22,24H2,1-2H3,(H,39,45)(H,40,44,46)/b26-10-. The van der Waals surface area contributed by atoms with Gasteiger partial charge >= 0.3 is 0 Å². The van der Waals surface area contributed by atoms with Crippen LogP contribution in [0, 0.1) is 0 Å². The molecule has 0 bridgehead atoms. The molecular formula is C38H41N5O6S. The van der Waals surface area contributed by atoms with E-state index in [4.69, 9.17) is 0 Å². The molecule has 11 nitrogen and oxygen atoms in total. The van der Waals surface area contributed by atoms with Crippen LogP contribution in [0.5, 0.6) is 0 Å². The average Bonchev–Trinajstić information content (AvgIpc) is 3.33. The Hall–Kier alpha value is -4.81. The number of rotatable bonds is 7. The summed E-state index contributed by atoms with van der Waals surface area (Å²) in [4.78, 5) is 55.5. The number of nitrogens with one attached hydrogen (secondary N) is 2. The molecule has 0 aromatic heterocycles. The molecule has 1 unspecified atom stereocenters. The molecule has 7 rings (SSSR count). The highest BCUT2D eigenvalue weighted by Gasteiger charge is 2.41. The second-order valence-electron chi connectivity index (χ2n) is 14.0. The maximum Gasteiger partial charge on any atom is 0.259 e. The van der Waals surface area contributed by atoms with E-state index < -0.39 is 27.5 Å². The van der Waals surface area contributed by atoms with Crippen LogP contribution in [0.1, 0.15) is 68.3 Å². The van der Waals surface area contributed by atoms with Crippen molar-refractivity contribution in [2.45, 2.75) is 69.7 Å². The van der Waals surface area contributed by atoms with Gasteiger partial charge in [-0.1, -0.05) is 42.5 Å². The molecular weight excluding hydrogens is 655 g/mol. The summed E-state index contributed by atoms with van der Waals surface area (Å²) in [5.41, 5.74) is 3.44. The van der Waals surface area contributed by atoms with Crippen molar-refractivity contribution in [2.24, 2.45) is 0 Å². The average molecular weight is 696 g/mol. The van der Waals surface area contributed by atoms with Crippen molar-refractivity contribution in [1.82, 2.24) is 9.62 Å². The van der Waals surface area contributed by atoms with Crippen molar-refractivity contribution in [3.05, 3.63) is 89.5 Å². The van der Waals surface area contributed by atoms with Crippen LogP contribution < -0.4 is 20.4 Å². The topological polar surface area (TPSA) is 136 Å². The summed E-state index contributed by atoms with van der Waals surface area (Å²) >= 11 is 0. The van der Waals surface area contributed by atoms with Crippen molar-refractivity contribution in [3.8, 4) is 0 Å².